The van der Waals surface area contributed by atoms with Crippen LogP contribution in [0, 0.1) is 11.6 Å². The summed E-state index contributed by atoms with van der Waals surface area (Å²) < 4.78 is 33.0. The van der Waals surface area contributed by atoms with Crippen LogP contribution in [0.15, 0.2) is 66.7 Å². The molecule has 0 radical (unpaired) electrons. The molecule has 0 unspecified atom stereocenters. The molecule has 0 saturated carbocycles. The molecule has 1 aliphatic rings. The van der Waals surface area contributed by atoms with Gasteiger partial charge in [-0.15, -0.1) is 0 Å². The number of nitrogens with zero attached hydrogens (tertiary/aromatic N) is 1. The summed E-state index contributed by atoms with van der Waals surface area (Å²) in [5.41, 5.74) is 2.36. The van der Waals surface area contributed by atoms with Gasteiger partial charge in [0.25, 0.3) is 5.91 Å². The molecule has 7 heteroatoms. The summed E-state index contributed by atoms with van der Waals surface area (Å²) in [6.07, 6.45) is -0.620. The lowest BCUT2D eigenvalue weighted by Gasteiger charge is -2.22. The first-order chi connectivity index (χ1) is 15.4. The highest BCUT2D eigenvalue weighted by Crippen LogP contribution is 2.29. The first-order valence-electron chi connectivity index (χ1n) is 10.2. The molecule has 3 aromatic rings. The van der Waals surface area contributed by atoms with E-state index in [-0.39, 0.29) is 43.0 Å². The van der Waals surface area contributed by atoms with E-state index in [0.717, 1.165) is 0 Å². The standard InChI is InChI=1S/C25H22F2N2O3/c1-16-25(31)29(14-18-4-2-3-5-22(18)27)15-19-13-21(10-11-23(19)32-16)28-24(30)12-17-6-8-20(26)9-7-17/h2-11,13,16H,12,14-15H2,1H3,(H,28,30)/t16-/m0/s1. The minimum absolute atomic E-state index is 0.1000. The second kappa shape index (κ2) is 9.18. The van der Waals surface area contributed by atoms with E-state index in [9.17, 15) is 18.4 Å². The van der Waals surface area contributed by atoms with Gasteiger partial charge < -0.3 is 15.0 Å². The van der Waals surface area contributed by atoms with Gasteiger partial charge in [-0.3, -0.25) is 9.59 Å². The monoisotopic (exact) mass is 436 g/mol. The summed E-state index contributed by atoms with van der Waals surface area (Å²) in [4.78, 5) is 26.7. The molecule has 0 saturated heterocycles. The Bertz CT molecular complexity index is 1150. The molecule has 32 heavy (non-hydrogen) atoms. The van der Waals surface area contributed by atoms with Crippen molar-refractivity contribution < 1.29 is 23.1 Å². The molecule has 0 aromatic heterocycles. The number of fused-ring (bicyclic) bond motifs is 1. The molecule has 1 atom stereocenters. The Hall–Kier alpha value is -3.74. The molecular weight excluding hydrogens is 414 g/mol. The van der Waals surface area contributed by atoms with Crippen molar-refractivity contribution in [3.63, 3.8) is 0 Å². The van der Waals surface area contributed by atoms with Crippen molar-refractivity contribution in [2.45, 2.75) is 32.5 Å². The Morgan fingerprint density at radius 1 is 1.09 bits per heavy atom. The fourth-order valence-electron chi connectivity index (χ4n) is 3.64. The number of ether oxygens (including phenoxy) is 1. The highest BCUT2D eigenvalue weighted by Gasteiger charge is 2.28. The number of hydrogen-bond donors (Lipinski definition) is 1. The van der Waals surface area contributed by atoms with Crippen LogP contribution in [0.25, 0.3) is 0 Å². The van der Waals surface area contributed by atoms with Crippen molar-refractivity contribution in [2.24, 2.45) is 0 Å². The van der Waals surface area contributed by atoms with Gasteiger partial charge >= 0.3 is 0 Å². The highest BCUT2D eigenvalue weighted by atomic mass is 19.1. The third kappa shape index (κ3) is 4.94. The molecule has 1 N–H and O–H groups in total. The average Bonchev–Trinajstić information content (AvgIpc) is 2.88. The molecule has 0 fully saturated rings. The summed E-state index contributed by atoms with van der Waals surface area (Å²) >= 11 is 0. The van der Waals surface area contributed by atoms with E-state index >= 15 is 0 Å². The second-order valence-electron chi connectivity index (χ2n) is 7.72. The Labute approximate surface area is 184 Å². The fourth-order valence-corrected chi connectivity index (χ4v) is 3.64. The predicted octanol–water partition coefficient (Wildman–Crippen LogP) is 4.46. The number of carbonyl (C=O) groups is 2. The zero-order chi connectivity index (χ0) is 22.7. The van der Waals surface area contributed by atoms with Gasteiger partial charge in [0.05, 0.1) is 6.42 Å². The number of amides is 2. The van der Waals surface area contributed by atoms with Crippen molar-refractivity contribution in [2.75, 3.05) is 5.32 Å². The third-order valence-electron chi connectivity index (χ3n) is 5.27. The van der Waals surface area contributed by atoms with Crippen LogP contribution in [0.3, 0.4) is 0 Å². The molecular formula is C25H22F2N2O3. The largest absolute Gasteiger partial charge is 0.481 e. The Morgan fingerprint density at radius 3 is 2.59 bits per heavy atom. The van der Waals surface area contributed by atoms with E-state index in [4.69, 9.17) is 4.74 Å². The van der Waals surface area contributed by atoms with Crippen LogP contribution in [-0.4, -0.2) is 22.8 Å². The number of nitrogens with one attached hydrogen (secondary N) is 1. The number of benzene rings is 3. The van der Waals surface area contributed by atoms with Gasteiger partial charge in [-0.25, -0.2) is 8.78 Å². The minimum atomic E-state index is -0.720. The van der Waals surface area contributed by atoms with Gasteiger partial charge in [0.1, 0.15) is 17.4 Å². The molecule has 0 aliphatic carbocycles. The SMILES string of the molecule is C[C@@H]1Oc2ccc(NC(=O)Cc3ccc(F)cc3)cc2CN(Cc2ccccc2F)C1=O. The summed E-state index contributed by atoms with van der Waals surface area (Å²) in [6.45, 7) is 1.98. The molecule has 0 spiro atoms. The Morgan fingerprint density at radius 2 is 1.84 bits per heavy atom. The molecule has 164 valence electrons. The molecule has 4 rings (SSSR count). The van der Waals surface area contributed by atoms with E-state index in [1.165, 1.54) is 18.2 Å². The zero-order valence-electron chi connectivity index (χ0n) is 17.5. The third-order valence-corrected chi connectivity index (χ3v) is 5.27. The number of hydrogen-bond acceptors (Lipinski definition) is 3. The summed E-state index contributed by atoms with van der Waals surface area (Å²) in [7, 11) is 0. The van der Waals surface area contributed by atoms with Crippen LogP contribution in [0.4, 0.5) is 14.5 Å². The average molecular weight is 436 g/mol. The van der Waals surface area contributed by atoms with E-state index in [1.807, 2.05) is 0 Å². The zero-order valence-corrected chi connectivity index (χ0v) is 17.5. The van der Waals surface area contributed by atoms with Gasteiger partial charge in [0.15, 0.2) is 6.10 Å². The lowest BCUT2D eigenvalue weighted by molar-refractivity contribution is -0.138. The summed E-state index contributed by atoms with van der Waals surface area (Å²) in [5, 5.41) is 2.82. The van der Waals surface area contributed by atoms with Crippen LogP contribution in [0.1, 0.15) is 23.6 Å². The van der Waals surface area contributed by atoms with Crippen molar-refractivity contribution in [3.05, 3.63) is 95.1 Å². The first-order valence-corrected chi connectivity index (χ1v) is 10.2. The minimum Gasteiger partial charge on any atom is -0.481 e. The molecule has 5 nitrogen and oxygen atoms in total. The Kier molecular flexibility index (Phi) is 6.16. The first kappa shape index (κ1) is 21.5. The number of carbonyl (C=O) groups excluding carboxylic acids is 2. The second-order valence-corrected chi connectivity index (χ2v) is 7.72. The van der Waals surface area contributed by atoms with Crippen LogP contribution < -0.4 is 10.1 Å². The number of rotatable bonds is 5. The Balaban J connectivity index is 1.51. The lowest BCUT2D eigenvalue weighted by Crippen LogP contribution is -2.37. The normalized spacial score (nSPS) is 15.5. The van der Waals surface area contributed by atoms with E-state index in [0.29, 0.717) is 28.1 Å². The fraction of sp³-hybridized carbons (Fsp3) is 0.200. The van der Waals surface area contributed by atoms with Crippen molar-refractivity contribution in [3.8, 4) is 5.75 Å². The molecule has 1 heterocycles. The van der Waals surface area contributed by atoms with Crippen LogP contribution in [0.2, 0.25) is 0 Å². The quantitative estimate of drug-likeness (QED) is 0.643. The van der Waals surface area contributed by atoms with E-state index in [2.05, 4.69) is 5.32 Å². The lowest BCUT2D eigenvalue weighted by atomic mass is 10.1. The predicted molar refractivity (Wildman–Crippen MR) is 116 cm³/mol. The molecule has 0 bridgehead atoms. The van der Waals surface area contributed by atoms with Gasteiger partial charge in [-0.05, 0) is 48.9 Å². The summed E-state index contributed by atoms with van der Waals surface area (Å²) in [6, 6.07) is 17.2. The van der Waals surface area contributed by atoms with Gasteiger partial charge in [-0.2, -0.15) is 0 Å². The molecule has 1 aliphatic heterocycles. The van der Waals surface area contributed by atoms with Crippen molar-refractivity contribution >= 4 is 17.5 Å². The maximum absolute atomic E-state index is 14.1. The van der Waals surface area contributed by atoms with Crippen molar-refractivity contribution in [1.29, 1.82) is 0 Å². The van der Waals surface area contributed by atoms with Crippen LogP contribution >= 0.6 is 0 Å². The van der Waals surface area contributed by atoms with Crippen molar-refractivity contribution in [1.82, 2.24) is 4.90 Å². The van der Waals surface area contributed by atoms with Crippen LogP contribution in [-0.2, 0) is 29.1 Å². The van der Waals surface area contributed by atoms with Gasteiger partial charge in [-0.1, -0.05) is 30.3 Å². The molecule has 2 amide bonds. The van der Waals surface area contributed by atoms with Crippen LogP contribution in [0.5, 0.6) is 5.75 Å². The van der Waals surface area contributed by atoms with Gasteiger partial charge in [0, 0.05) is 29.9 Å². The van der Waals surface area contributed by atoms with E-state index < -0.39 is 6.10 Å². The molecule has 3 aromatic carbocycles. The maximum atomic E-state index is 14.1. The smallest absolute Gasteiger partial charge is 0.263 e. The summed E-state index contributed by atoms with van der Waals surface area (Å²) in [5.74, 6) is -0.688. The highest BCUT2D eigenvalue weighted by molar-refractivity contribution is 5.92. The maximum Gasteiger partial charge on any atom is 0.263 e. The number of anilines is 1. The van der Waals surface area contributed by atoms with E-state index in [1.54, 1.807) is 60.4 Å². The van der Waals surface area contributed by atoms with Gasteiger partial charge in [0.2, 0.25) is 5.91 Å². The number of halogens is 2. The topological polar surface area (TPSA) is 58.6 Å².